The maximum absolute atomic E-state index is 9.26. The molecular formula is C3H3O3. The van der Waals surface area contributed by atoms with E-state index in [0.29, 0.717) is 6.29 Å². The average Bonchev–Trinajstić information content (AvgIpc) is 1.61. The smallest absolute Gasteiger partial charge is 0.417 e. The number of ether oxygens (including phenoxy) is 1. The molecule has 0 fully saturated rings. The van der Waals surface area contributed by atoms with Crippen LogP contribution in [0.4, 0.5) is 0 Å². The summed E-state index contributed by atoms with van der Waals surface area (Å²) in [5.74, 6) is 0. The van der Waals surface area contributed by atoms with Crippen molar-refractivity contribution in [2.75, 3.05) is 6.61 Å². The van der Waals surface area contributed by atoms with E-state index in [1.807, 2.05) is 0 Å². The highest BCUT2D eigenvalue weighted by Crippen LogP contribution is 1.53. The molecular weight excluding hydrogens is 84.0 g/mol. The molecule has 0 aromatic rings. The zero-order chi connectivity index (χ0) is 4.83. The molecule has 0 unspecified atom stereocenters. The summed E-state index contributed by atoms with van der Waals surface area (Å²) in [6.07, 6.45) is 0.477. The first-order valence-electron chi connectivity index (χ1n) is 1.34. The van der Waals surface area contributed by atoms with Gasteiger partial charge in [0, 0.05) is 0 Å². The van der Waals surface area contributed by atoms with Crippen LogP contribution in [-0.4, -0.2) is 19.4 Å². The lowest BCUT2D eigenvalue weighted by molar-refractivity contribution is -0.109. The molecule has 0 saturated carbocycles. The Morgan fingerprint density at radius 3 is 2.67 bits per heavy atom. The number of aldehydes is 1. The third-order valence-corrected chi connectivity index (χ3v) is 0.210. The third kappa shape index (κ3) is 3.14. The fraction of sp³-hybridized carbons (Fsp3) is 0.333. The Morgan fingerprint density at radius 2 is 2.50 bits per heavy atom. The number of hydrogen-bond acceptors (Lipinski definition) is 3. The van der Waals surface area contributed by atoms with Gasteiger partial charge in [0.15, 0.2) is 6.29 Å². The molecule has 0 rings (SSSR count). The van der Waals surface area contributed by atoms with Crippen LogP contribution in [0.1, 0.15) is 0 Å². The monoisotopic (exact) mass is 87.0 g/mol. The standard InChI is InChI=1S/C3H3O3/c4-1-2-6-3-5/h1H,2H2. The van der Waals surface area contributed by atoms with E-state index < -0.39 is 0 Å². The Balaban J connectivity index is 2.66. The van der Waals surface area contributed by atoms with Gasteiger partial charge in [0.2, 0.25) is 0 Å². The van der Waals surface area contributed by atoms with Gasteiger partial charge in [-0.25, -0.2) is 4.79 Å². The molecule has 1 radical (unpaired) electrons. The number of carbonyl (C=O) groups excluding carboxylic acids is 2. The lowest BCUT2D eigenvalue weighted by Gasteiger charge is -1.77. The van der Waals surface area contributed by atoms with Gasteiger partial charge in [0.25, 0.3) is 0 Å². The van der Waals surface area contributed by atoms with Crippen LogP contribution in [0.5, 0.6) is 0 Å². The van der Waals surface area contributed by atoms with Gasteiger partial charge in [-0.15, -0.1) is 0 Å². The largest absolute Gasteiger partial charge is 0.450 e. The van der Waals surface area contributed by atoms with Crippen molar-refractivity contribution in [2.24, 2.45) is 0 Å². The van der Waals surface area contributed by atoms with Crippen LogP contribution >= 0.6 is 0 Å². The highest BCUT2D eigenvalue weighted by molar-refractivity contribution is 5.53. The molecule has 3 heteroatoms. The van der Waals surface area contributed by atoms with Crippen molar-refractivity contribution >= 4 is 12.8 Å². The maximum atomic E-state index is 9.26. The second-order valence-electron chi connectivity index (χ2n) is 0.561. The minimum Gasteiger partial charge on any atom is -0.450 e. The Morgan fingerprint density at radius 1 is 1.83 bits per heavy atom. The molecule has 0 amide bonds. The summed E-state index contributed by atoms with van der Waals surface area (Å²) in [7, 11) is 0. The normalized spacial score (nSPS) is 6.67. The molecule has 0 aliphatic heterocycles. The van der Waals surface area contributed by atoms with E-state index in [1.165, 1.54) is 0 Å². The van der Waals surface area contributed by atoms with Crippen molar-refractivity contribution in [1.29, 1.82) is 0 Å². The van der Waals surface area contributed by atoms with Crippen molar-refractivity contribution in [2.45, 2.75) is 0 Å². The molecule has 0 saturated heterocycles. The summed E-state index contributed by atoms with van der Waals surface area (Å²) >= 11 is 0. The first-order valence-corrected chi connectivity index (χ1v) is 1.34. The van der Waals surface area contributed by atoms with Crippen molar-refractivity contribution in [3.05, 3.63) is 0 Å². The van der Waals surface area contributed by atoms with E-state index in [4.69, 9.17) is 4.79 Å². The van der Waals surface area contributed by atoms with E-state index in [1.54, 1.807) is 0 Å². The maximum Gasteiger partial charge on any atom is 0.417 e. The lowest BCUT2D eigenvalue weighted by Crippen LogP contribution is -1.89. The fourth-order valence-electron chi connectivity index (χ4n) is 0.0680. The Bertz CT molecular complexity index is 42.0. The van der Waals surface area contributed by atoms with E-state index >= 15 is 0 Å². The fourth-order valence-corrected chi connectivity index (χ4v) is 0.0680. The van der Waals surface area contributed by atoms with Gasteiger partial charge < -0.3 is 4.74 Å². The van der Waals surface area contributed by atoms with Gasteiger partial charge in [-0.05, 0) is 0 Å². The van der Waals surface area contributed by atoms with E-state index in [2.05, 4.69) is 4.74 Å². The van der Waals surface area contributed by atoms with Gasteiger partial charge in [-0.1, -0.05) is 0 Å². The second-order valence-corrected chi connectivity index (χ2v) is 0.561. The van der Waals surface area contributed by atoms with Crippen LogP contribution in [0.25, 0.3) is 0 Å². The molecule has 0 aromatic heterocycles. The molecule has 0 bridgehead atoms. The molecule has 0 N–H and O–H groups in total. The highest BCUT2D eigenvalue weighted by Gasteiger charge is 1.73. The molecule has 3 nitrogen and oxygen atoms in total. The lowest BCUT2D eigenvalue weighted by atomic mass is 10.8. The predicted molar refractivity (Wildman–Crippen MR) is 17.7 cm³/mol. The van der Waals surface area contributed by atoms with Crippen LogP contribution < -0.4 is 0 Å². The van der Waals surface area contributed by atoms with E-state index in [0.717, 1.165) is 6.47 Å². The van der Waals surface area contributed by atoms with Crippen LogP contribution in [-0.2, 0) is 14.3 Å². The van der Waals surface area contributed by atoms with E-state index in [9.17, 15) is 4.79 Å². The summed E-state index contributed by atoms with van der Waals surface area (Å²) < 4.78 is 3.81. The highest BCUT2D eigenvalue weighted by atomic mass is 16.5. The first-order chi connectivity index (χ1) is 2.91. The summed E-state index contributed by atoms with van der Waals surface area (Å²) in [5, 5.41) is 0. The molecule has 33 valence electrons. The van der Waals surface area contributed by atoms with Crippen LogP contribution in [0.15, 0.2) is 0 Å². The minimum atomic E-state index is -0.191. The average molecular weight is 87.1 g/mol. The Labute approximate surface area is 34.9 Å². The quantitative estimate of drug-likeness (QED) is 0.336. The Kier molecular flexibility index (Phi) is 3.55. The zero-order valence-corrected chi connectivity index (χ0v) is 3.01. The van der Waals surface area contributed by atoms with Crippen molar-refractivity contribution in [3.8, 4) is 0 Å². The predicted octanol–water partition coefficient (Wildman–Crippen LogP) is -0.731. The SMILES string of the molecule is O=[C]OCC=O. The topological polar surface area (TPSA) is 43.4 Å². The molecule has 0 aromatic carbocycles. The minimum absolute atomic E-state index is 0.191. The van der Waals surface area contributed by atoms with Crippen molar-refractivity contribution in [1.82, 2.24) is 0 Å². The van der Waals surface area contributed by atoms with Crippen LogP contribution in [0, 0.1) is 0 Å². The van der Waals surface area contributed by atoms with E-state index in [-0.39, 0.29) is 6.61 Å². The molecule has 0 aliphatic carbocycles. The number of carbonyl (C=O) groups is 1. The van der Waals surface area contributed by atoms with Gasteiger partial charge >= 0.3 is 6.47 Å². The number of rotatable bonds is 3. The molecule has 6 heavy (non-hydrogen) atoms. The molecule has 0 atom stereocenters. The molecule has 0 spiro atoms. The third-order valence-electron chi connectivity index (χ3n) is 0.210. The number of hydrogen-bond donors (Lipinski definition) is 0. The molecule has 0 heterocycles. The Hall–Kier alpha value is -0.860. The molecule has 0 aliphatic rings. The summed E-state index contributed by atoms with van der Waals surface area (Å²) in [5.41, 5.74) is 0. The van der Waals surface area contributed by atoms with Crippen LogP contribution in [0.3, 0.4) is 0 Å². The van der Waals surface area contributed by atoms with Crippen molar-refractivity contribution in [3.63, 3.8) is 0 Å². The van der Waals surface area contributed by atoms with Gasteiger partial charge in [0.05, 0.1) is 0 Å². The van der Waals surface area contributed by atoms with Crippen LogP contribution in [0.2, 0.25) is 0 Å². The zero-order valence-electron chi connectivity index (χ0n) is 3.01. The van der Waals surface area contributed by atoms with Crippen molar-refractivity contribution < 1.29 is 14.3 Å². The summed E-state index contributed by atoms with van der Waals surface area (Å²) in [6, 6.07) is 0. The second kappa shape index (κ2) is 4.14. The summed E-state index contributed by atoms with van der Waals surface area (Å²) in [6.45, 7) is 0.896. The first kappa shape index (κ1) is 5.14. The van der Waals surface area contributed by atoms with Gasteiger partial charge in [-0.2, -0.15) is 0 Å². The summed E-state index contributed by atoms with van der Waals surface area (Å²) in [4.78, 5) is 18.3. The van der Waals surface area contributed by atoms with Gasteiger partial charge in [-0.3, -0.25) is 4.79 Å². The van der Waals surface area contributed by atoms with Gasteiger partial charge in [0.1, 0.15) is 6.61 Å².